The van der Waals surface area contributed by atoms with Crippen molar-refractivity contribution < 1.29 is 9.59 Å². The van der Waals surface area contributed by atoms with Crippen LogP contribution in [-0.2, 0) is 4.79 Å². The van der Waals surface area contributed by atoms with Crippen LogP contribution in [0.1, 0.15) is 0 Å². The number of imidazole rings is 1. The number of urea groups is 1. The highest BCUT2D eigenvalue weighted by molar-refractivity contribution is 6.19. The number of benzene rings is 2. The number of carbonyl (C=O) groups excluding carboxylic acids is 2. The topological polar surface area (TPSA) is 76.3 Å². The molecule has 3 heterocycles. The highest BCUT2D eigenvalue weighted by Crippen LogP contribution is 2.27. The number of rotatable bonds is 4. The van der Waals surface area contributed by atoms with Crippen LogP contribution in [0.2, 0.25) is 0 Å². The minimum Gasteiger partial charge on any atom is -0.318 e. The van der Waals surface area contributed by atoms with Crippen molar-refractivity contribution in [3.63, 3.8) is 0 Å². The van der Waals surface area contributed by atoms with E-state index in [-0.39, 0.29) is 18.5 Å². The fraction of sp³-hybridized carbons (Fsp3) is 0.0909. The molecule has 0 N–H and O–H groups in total. The third kappa shape index (κ3) is 2.86. The third-order valence-corrected chi connectivity index (χ3v) is 5.02. The Labute approximate surface area is 172 Å². The van der Waals surface area contributed by atoms with Gasteiger partial charge in [-0.2, -0.15) is 5.10 Å². The summed E-state index contributed by atoms with van der Waals surface area (Å²) in [6, 6.07) is 18.7. The van der Waals surface area contributed by atoms with E-state index in [0.29, 0.717) is 11.5 Å². The zero-order valence-electron chi connectivity index (χ0n) is 16.2. The number of para-hydroxylation sites is 1. The average molecular weight is 398 g/mol. The molecule has 0 spiro atoms. The van der Waals surface area contributed by atoms with E-state index in [0.717, 1.165) is 17.1 Å². The molecule has 1 aliphatic rings. The number of nitrogens with zero attached hydrogens (tertiary/aromatic N) is 6. The molecule has 8 nitrogen and oxygen atoms in total. The monoisotopic (exact) mass is 398 g/mol. The highest BCUT2D eigenvalue weighted by atomic mass is 16.2. The zero-order valence-corrected chi connectivity index (χ0v) is 16.2. The Morgan fingerprint density at radius 3 is 2.40 bits per heavy atom. The number of imide groups is 1. The number of carbonyl (C=O) groups is 2. The van der Waals surface area contributed by atoms with Gasteiger partial charge in [-0.25, -0.2) is 19.4 Å². The first-order chi connectivity index (χ1) is 14.6. The lowest BCUT2D eigenvalue weighted by Gasteiger charge is -2.16. The van der Waals surface area contributed by atoms with Crippen LogP contribution in [0, 0.1) is 0 Å². The van der Waals surface area contributed by atoms with E-state index in [4.69, 9.17) is 0 Å². The van der Waals surface area contributed by atoms with Gasteiger partial charge in [-0.3, -0.25) is 9.36 Å². The number of anilines is 1. The molecule has 0 unspecified atom stereocenters. The van der Waals surface area contributed by atoms with Crippen LogP contribution in [0.15, 0.2) is 79.3 Å². The summed E-state index contributed by atoms with van der Waals surface area (Å²) in [4.78, 5) is 31.8. The smallest absolute Gasteiger partial charge is 0.318 e. The van der Waals surface area contributed by atoms with Gasteiger partial charge in [0.15, 0.2) is 5.82 Å². The molecule has 30 heavy (non-hydrogen) atoms. The number of likely N-dealkylation sites (N-methyl/N-ethyl adjacent to an activating group) is 1. The van der Waals surface area contributed by atoms with Gasteiger partial charge in [0, 0.05) is 25.1 Å². The molecule has 2 aromatic heterocycles. The van der Waals surface area contributed by atoms with Crippen LogP contribution in [-0.4, -0.2) is 49.8 Å². The molecule has 0 bridgehead atoms. The van der Waals surface area contributed by atoms with Crippen LogP contribution in [0.3, 0.4) is 0 Å². The first-order valence-corrected chi connectivity index (χ1v) is 9.45. The summed E-state index contributed by atoms with van der Waals surface area (Å²) >= 11 is 0. The van der Waals surface area contributed by atoms with Crippen LogP contribution >= 0.6 is 0 Å². The van der Waals surface area contributed by atoms with Gasteiger partial charge in [0.1, 0.15) is 12.2 Å². The molecule has 0 radical (unpaired) electrons. The van der Waals surface area contributed by atoms with E-state index >= 15 is 0 Å². The van der Waals surface area contributed by atoms with Crippen molar-refractivity contribution in [3.8, 4) is 22.9 Å². The van der Waals surface area contributed by atoms with Crippen molar-refractivity contribution in [3.05, 3.63) is 79.3 Å². The van der Waals surface area contributed by atoms with Crippen molar-refractivity contribution in [1.29, 1.82) is 0 Å². The average Bonchev–Trinajstić information content (AvgIpc) is 3.48. The number of hydrogen-bond donors (Lipinski definition) is 0. The van der Waals surface area contributed by atoms with Gasteiger partial charge in [0.2, 0.25) is 0 Å². The van der Waals surface area contributed by atoms with Crippen LogP contribution < -0.4 is 4.90 Å². The Bertz CT molecular complexity index is 1240. The second-order valence-corrected chi connectivity index (χ2v) is 6.97. The first kappa shape index (κ1) is 17.9. The van der Waals surface area contributed by atoms with Crippen molar-refractivity contribution >= 4 is 17.6 Å². The van der Waals surface area contributed by atoms with Crippen molar-refractivity contribution in [1.82, 2.24) is 24.2 Å². The maximum atomic E-state index is 12.4. The number of amides is 3. The lowest BCUT2D eigenvalue weighted by atomic mass is 10.2. The van der Waals surface area contributed by atoms with Crippen molar-refractivity contribution in [2.45, 2.75) is 0 Å². The summed E-state index contributed by atoms with van der Waals surface area (Å²) in [6.07, 6.45) is 5.29. The molecule has 4 aromatic rings. The molecule has 8 heteroatoms. The summed E-state index contributed by atoms with van der Waals surface area (Å²) in [7, 11) is 1.61. The normalized spacial score (nSPS) is 14.0. The second kappa shape index (κ2) is 7.00. The van der Waals surface area contributed by atoms with E-state index in [2.05, 4.69) is 10.1 Å². The molecule has 1 fully saturated rings. The largest absolute Gasteiger partial charge is 0.331 e. The van der Waals surface area contributed by atoms with Crippen LogP contribution in [0.5, 0.6) is 0 Å². The van der Waals surface area contributed by atoms with Gasteiger partial charge in [0.05, 0.1) is 17.6 Å². The SMILES string of the molecule is CN1CC(=O)N(c2cccc(-n3ccnc3-c3ccnn3-c3ccccc3)c2)C1=O. The minimum absolute atomic E-state index is 0.0790. The molecule has 2 aromatic carbocycles. The van der Waals surface area contributed by atoms with Gasteiger partial charge in [0.25, 0.3) is 5.91 Å². The number of hydrogen-bond acceptors (Lipinski definition) is 4. The highest BCUT2D eigenvalue weighted by Gasteiger charge is 2.34. The molecule has 1 saturated heterocycles. The summed E-state index contributed by atoms with van der Waals surface area (Å²) in [6.45, 7) is 0.0790. The third-order valence-electron chi connectivity index (χ3n) is 5.02. The van der Waals surface area contributed by atoms with E-state index < -0.39 is 0 Å². The van der Waals surface area contributed by atoms with Crippen LogP contribution in [0.4, 0.5) is 10.5 Å². The molecule has 0 atom stereocenters. The summed E-state index contributed by atoms with van der Waals surface area (Å²) < 4.78 is 3.74. The Morgan fingerprint density at radius 1 is 0.867 bits per heavy atom. The number of aromatic nitrogens is 4. The van der Waals surface area contributed by atoms with Crippen molar-refractivity contribution in [2.24, 2.45) is 0 Å². The van der Waals surface area contributed by atoms with E-state index in [1.54, 1.807) is 25.5 Å². The van der Waals surface area contributed by atoms with Crippen LogP contribution in [0.25, 0.3) is 22.9 Å². The molecule has 0 saturated carbocycles. The Balaban J connectivity index is 1.57. The molecule has 3 amide bonds. The molecular formula is C22H18N6O2. The first-order valence-electron chi connectivity index (χ1n) is 9.45. The zero-order chi connectivity index (χ0) is 20.7. The predicted molar refractivity (Wildman–Crippen MR) is 112 cm³/mol. The predicted octanol–water partition coefficient (Wildman–Crippen LogP) is 3.12. The second-order valence-electron chi connectivity index (χ2n) is 6.97. The Morgan fingerprint density at radius 2 is 1.63 bits per heavy atom. The van der Waals surface area contributed by atoms with Gasteiger partial charge in [-0.1, -0.05) is 24.3 Å². The van der Waals surface area contributed by atoms with Gasteiger partial charge in [-0.15, -0.1) is 0 Å². The standard InChI is InChI=1S/C22H18N6O2/c1-25-15-20(29)27(22(25)30)18-9-5-8-17(14-18)26-13-12-23-21(26)19-10-11-24-28(19)16-6-3-2-4-7-16/h2-14H,15H2,1H3. The molecular weight excluding hydrogens is 380 g/mol. The molecule has 1 aliphatic heterocycles. The fourth-order valence-electron chi connectivity index (χ4n) is 3.60. The van der Waals surface area contributed by atoms with Gasteiger partial charge in [-0.05, 0) is 36.4 Å². The molecule has 148 valence electrons. The van der Waals surface area contributed by atoms with Crippen molar-refractivity contribution in [2.75, 3.05) is 18.5 Å². The summed E-state index contributed by atoms with van der Waals surface area (Å²) in [5.74, 6) is 0.456. The lowest BCUT2D eigenvalue weighted by molar-refractivity contribution is -0.116. The summed E-state index contributed by atoms with van der Waals surface area (Å²) in [5.41, 5.74) is 3.07. The van der Waals surface area contributed by atoms with E-state index in [1.165, 1.54) is 9.80 Å². The maximum absolute atomic E-state index is 12.4. The minimum atomic E-state index is -0.329. The van der Waals surface area contributed by atoms with E-state index in [1.807, 2.05) is 70.0 Å². The Hall–Kier alpha value is -4.20. The quantitative estimate of drug-likeness (QED) is 0.495. The molecule has 0 aliphatic carbocycles. The summed E-state index contributed by atoms with van der Waals surface area (Å²) in [5, 5.41) is 4.45. The van der Waals surface area contributed by atoms with E-state index in [9.17, 15) is 9.59 Å². The maximum Gasteiger partial charge on any atom is 0.331 e. The molecule has 5 rings (SSSR count). The Kier molecular flexibility index (Phi) is 4.17. The lowest BCUT2D eigenvalue weighted by Crippen LogP contribution is -2.31. The van der Waals surface area contributed by atoms with Gasteiger partial charge < -0.3 is 4.90 Å². The van der Waals surface area contributed by atoms with Gasteiger partial charge >= 0.3 is 6.03 Å². The fourth-order valence-corrected chi connectivity index (χ4v) is 3.60.